The molecule has 134 valence electrons. The van der Waals surface area contributed by atoms with Crippen LogP contribution in [0.1, 0.15) is 11.3 Å². The molecule has 0 atom stereocenters. The van der Waals surface area contributed by atoms with Crippen molar-refractivity contribution in [2.75, 3.05) is 11.9 Å². The van der Waals surface area contributed by atoms with Crippen molar-refractivity contribution in [3.63, 3.8) is 0 Å². The summed E-state index contributed by atoms with van der Waals surface area (Å²) in [6.45, 7) is 0.881. The number of benzene rings is 2. The number of hydrogen-bond donors (Lipinski definition) is 1. The van der Waals surface area contributed by atoms with Crippen molar-refractivity contribution in [1.82, 2.24) is 4.90 Å². The molecule has 1 heterocycles. The number of nitrogens with one attached hydrogen (secondary N) is 1. The van der Waals surface area contributed by atoms with Crippen molar-refractivity contribution in [2.45, 2.75) is 13.0 Å². The van der Waals surface area contributed by atoms with E-state index in [0.29, 0.717) is 34.6 Å². The number of furan rings is 1. The lowest BCUT2D eigenvalue weighted by atomic mass is 10.1. The molecule has 0 saturated carbocycles. The Morgan fingerprint density at radius 3 is 2.35 bits per heavy atom. The fraction of sp³-hybridized carbons (Fsp3) is 0.150. The van der Waals surface area contributed by atoms with E-state index in [1.54, 1.807) is 35.4 Å². The first-order valence-electron chi connectivity index (χ1n) is 8.20. The van der Waals surface area contributed by atoms with Crippen LogP contribution in [0.15, 0.2) is 71.3 Å². The van der Waals surface area contributed by atoms with Crippen LogP contribution in [0.2, 0.25) is 10.0 Å². The van der Waals surface area contributed by atoms with Gasteiger partial charge in [0.2, 0.25) is 0 Å². The number of rotatable bonds is 6. The second-order valence-electron chi connectivity index (χ2n) is 5.76. The first-order chi connectivity index (χ1) is 12.6. The fourth-order valence-electron chi connectivity index (χ4n) is 2.56. The van der Waals surface area contributed by atoms with Gasteiger partial charge in [0.15, 0.2) is 0 Å². The van der Waals surface area contributed by atoms with Crippen LogP contribution < -0.4 is 5.32 Å². The van der Waals surface area contributed by atoms with Gasteiger partial charge in [-0.05, 0) is 36.2 Å². The monoisotopic (exact) mass is 388 g/mol. The Hall–Kier alpha value is -2.43. The van der Waals surface area contributed by atoms with Crippen molar-refractivity contribution in [3.8, 4) is 0 Å². The van der Waals surface area contributed by atoms with Gasteiger partial charge in [-0.2, -0.15) is 0 Å². The molecule has 0 spiro atoms. The Labute approximate surface area is 162 Å². The van der Waals surface area contributed by atoms with Gasteiger partial charge in [-0.1, -0.05) is 59.6 Å². The van der Waals surface area contributed by atoms with Gasteiger partial charge < -0.3 is 14.6 Å². The largest absolute Gasteiger partial charge is 0.467 e. The molecule has 0 radical (unpaired) electrons. The van der Waals surface area contributed by atoms with Crippen LogP contribution in [0.3, 0.4) is 0 Å². The first kappa shape index (κ1) is 18.4. The number of carbonyl (C=O) groups is 1. The number of anilines is 1. The highest BCUT2D eigenvalue weighted by atomic mass is 35.5. The molecule has 6 heteroatoms. The maximum atomic E-state index is 12.8. The predicted molar refractivity (Wildman–Crippen MR) is 105 cm³/mol. The SMILES string of the molecule is O=C(Nc1c(Cl)cccc1Cl)N(CCc1ccccc1)Cc1ccco1. The number of nitrogens with zero attached hydrogens (tertiary/aromatic N) is 1. The van der Waals surface area contributed by atoms with Gasteiger partial charge in [0, 0.05) is 6.54 Å². The van der Waals surface area contributed by atoms with Gasteiger partial charge in [-0.25, -0.2) is 4.79 Å². The maximum absolute atomic E-state index is 12.8. The van der Waals surface area contributed by atoms with E-state index < -0.39 is 0 Å². The second kappa shape index (κ2) is 8.79. The minimum atomic E-state index is -0.285. The van der Waals surface area contributed by atoms with Gasteiger partial charge in [0.05, 0.1) is 28.5 Å². The Balaban J connectivity index is 1.74. The maximum Gasteiger partial charge on any atom is 0.322 e. The van der Waals surface area contributed by atoms with Crippen molar-refractivity contribution >= 4 is 34.9 Å². The summed E-state index contributed by atoms with van der Waals surface area (Å²) in [5, 5.41) is 3.60. The summed E-state index contributed by atoms with van der Waals surface area (Å²) in [4.78, 5) is 14.5. The third-order valence-corrected chi connectivity index (χ3v) is 4.55. The zero-order valence-corrected chi connectivity index (χ0v) is 15.5. The minimum absolute atomic E-state index is 0.285. The molecule has 0 saturated heterocycles. The fourth-order valence-corrected chi connectivity index (χ4v) is 3.05. The molecule has 1 aromatic heterocycles. The van der Waals surface area contributed by atoms with Gasteiger partial charge in [0.25, 0.3) is 0 Å². The van der Waals surface area contributed by atoms with Crippen molar-refractivity contribution in [3.05, 3.63) is 88.3 Å². The quantitative estimate of drug-likeness (QED) is 0.574. The third-order valence-electron chi connectivity index (χ3n) is 3.92. The summed E-state index contributed by atoms with van der Waals surface area (Å²) in [6.07, 6.45) is 2.32. The summed E-state index contributed by atoms with van der Waals surface area (Å²) >= 11 is 12.3. The number of urea groups is 1. The molecular weight excluding hydrogens is 371 g/mol. The Kier molecular flexibility index (Phi) is 6.21. The topological polar surface area (TPSA) is 45.5 Å². The predicted octanol–water partition coefficient (Wildman–Crippen LogP) is 5.86. The number of hydrogen-bond acceptors (Lipinski definition) is 2. The van der Waals surface area contributed by atoms with Crippen LogP contribution in [-0.2, 0) is 13.0 Å². The lowest BCUT2D eigenvalue weighted by Gasteiger charge is -2.23. The van der Waals surface area contributed by atoms with Crippen LogP contribution in [0.4, 0.5) is 10.5 Å². The molecule has 0 unspecified atom stereocenters. The van der Waals surface area contributed by atoms with E-state index in [-0.39, 0.29) is 6.03 Å². The lowest BCUT2D eigenvalue weighted by molar-refractivity contribution is 0.205. The highest BCUT2D eigenvalue weighted by Gasteiger charge is 2.18. The van der Waals surface area contributed by atoms with E-state index >= 15 is 0 Å². The third kappa shape index (κ3) is 4.81. The molecule has 3 rings (SSSR count). The smallest absolute Gasteiger partial charge is 0.322 e. The van der Waals surface area contributed by atoms with E-state index in [1.807, 2.05) is 36.4 Å². The summed E-state index contributed by atoms with van der Waals surface area (Å²) in [7, 11) is 0. The highest BCUT2D eigenvalue weighted by molar-refractivity contribution is 6.39. The standard InChI is InChI=1S/C20H18Cl2N2O2/c21-17-9-4-10-18(22)19(17)23-20(25)24(14-16-8-5-13-26-16)12-11-15-6-2-1-3-7-15/h1-10,13H,11-12,14H2,(H,23,25). The molecule has 1 N–H and O–H groups in total. The second-order valence-corrected chi connectivity index (χ2v) is 6.58. The van der Waals surface area contributed by atoms with E-state index in [2.05, 4.69) is 5.32 Å². The zero-order chi connectivity index (χ0) is 18.4. The Morgan fingerprint density at radius 1 is 0.962 bits per heavy atom. The van der Waals surface area contributed by atoms with Crippen LogP contribution in [0, 0.1) is 0 Å². The number of para-hydroxylation sites is 1. The van der Waals surface area contributed by atoms with Crippen LogP contribution in [0.25, 0.3) is 0 Å². The molecule has 0 fully saturated rings. The molecule has 3 aromatic rings. The van der Waals surface area contributed by atoms with Crippen molar-refractivity contribution in [2.24, 2.45) is 0 Å². The highest BCUT2D eigenvalue weighted by Crippen LogP contribution is 2.30. The molecule has 2 aromatic carbocycles. The Morgan fingerprint density at radius 2 is 1.69 bits per heavy atom. The van der Waals surface area contributed by atoms with Crippen molar-refractivity contribution < 1.29 is 9.21 Å². The zero-order valence-electron chi connectivity index (χ0n) is 14.0. The minimum Gasteiger partial charge on any atom is -0.467 e. The molecule has 2 amide bonds. The number of amides is 2. The summed E-state index contributed by atoms with van der Waals surface area (Å²) < 4.78 is 5.39. The normalized spacial score (nSPS) is 10.5. The van der Waals surface area contributed by atoms with Gasteiger partial charge >= 0.3 is 6.03 Å². The number of halogens is 2. The molecule has 0 aliphatic carbocycles. The van der Waals surface area contributed by atoms with Crippen LogP contribution in [-0.4, -0.2) is 17.5 Å². The summed E-state index contributed by atoms with van der Waals surface area (Å²) in [5.41, 5.74) is 1.56. The summed E-state index contributed by atoms with van der Waals surface area (Å²) in [5.74, 6) is 0.707. The van der Waals surface area contributed by atoms with E-state index in [1.165, 1.54) is 0 Å². The molecular formula is C20H18Cl2N2O2. The van der Waals surface area contributed by atoms with E-state index in [9.17, 15) is 4.79 Å². The van der Waals surface area contributed by atoms with Gasteiger partial charge in [0.1, 0.15) is 5.76 Å². The molecule has 0 aliphatic heterocycles. The Bertz CT molecular complexity index is 831. The van der Waals surface area contributed by atoms with Crippen LogP contribution in [0.5, 0.6) is 0 Å². The molecule has 4 nitrogen and oxygen atoms in total. The van der Waals surface area contributed by atoms with Crippen LogP contribution >= 0.6 is 23.2 Å². The average Bonchev–Trinajstić information content (AvgIpc) is 3.15. The number of carbonyl (C=O) groups excluding carboxylic acids is 1. The lowest BCUT2D eigenvalue weighted by Crippen LogP contribution is -2.36. The average molecular weight is 389 g/mol. The summed E-state index contributed by atoms with van der Waals surface area (Å²) in [6, 6.07) is 18.5. The van der Waals surface area contributed by atoms with E-state index in [4.69, 9.17) is 27.6 Å². The first-order valence-corrected chi connectivity index (χ1v) is 8.95. The van der Waals surface area contributed by atoms with Gasteiger partial charge in [-0.3, -0.25) is 0 Å². The van der Waals surface area contributed by atoms with Gasteiger partial charge in [-0.15, -0.1) is 0 Å². The van der Waals surface area contributed by atoms with Crippen molar-refractivity contribution in [1.29, 1.82) is 0 Å². The molecule has 0 aliphatic rings. The van der Waals surface area contributed by atoms with E-state index in [0.717, 1.165) is 12.0 Å². The molecule has 26 heavy (non-hydrogen) atoms. The molecule has 0 bridgehead atoms.